The number of aliphatic carboxylic acids is 1. The van der Waals surface area contributed by atoms with Crippen LogP contribution in [0.1, 0.15) is 52.0 Å². The largest absolute Gasteiger partial charge is 0.481 e. The molecule has 7 nitrogen and oxygen atoms in total. The van der Waals surface area contributed by atoms with Crippen molar-refractivity contribution in [2.24, 2.45) is 11.3 Å². The van der Waals surface area contributed by atoms with Crippen molar-refractivity contribution in [1.29, 1.82) is 0 Å². The van der Waals surface area contributed by atoms with Crippen LogP contribution in [0, 0.1) is 11.3 Å². The first-order chi connectivity index (χ1) is 14.1. The number of carboxylic acids is 1. The first kappa shape index (κ1) is 22.1. The molecule has 0 aromatic heterocycles. The molecular formula is C23H32N2O5. The van der Waals surface area contributed by atoms with E-state index in [0.29, 0.717) is 26.2 Å². The average molecular weight is 417 g/mol. The van der Waals surface area contributed by atoms with E-state index in [1.807, 2.05) is 56.0 Å². The van der Waals surface area contributed by atoms with Crippen LogP contribution in [0.4, 0.5) is 4.79 Å². The van der Waals surface area contributed by atoms with Crippen molar-refractivity contribution < 1.29 is 24.2 Å². The van der Waals surface area contributed by atoms with E-state index in [9.17, 15) is 14.4 Å². The summed E-state index contributed by atoms with van der Waals surface area (Å²) in [5.41, 5.74) is -0.0445. The molecule has 0 spiro atoms. The highest BCUT2D eigenvalue weighted by Gasteiger charge is 2.48. The lowest BCUT2D eigenvalue weighted by Gasteiger charge is -2.39. The van der Waals surface area contributed by atoms with Crippen molar-refractivity contribution in [3.05, 3.63) is 35.9 Å². The number of hydrogen-bond acceptors (Lipinski definition) is 4. The highest BCUT2D eigenvalue weighted by atomic mass is 16.6. The molecule has 1 aromatic carbocycles. The van der Waals surface area contributed by atoms with Crippen LogP contribution in [0.2, 0.25) is 0 Å². The number of benzene rings is 1. The van der Waals surface area contributed by atoms with E-state index in [1.54, 1.807) is 4.90 Å². The van der Waals surface area contributed by atoms with Gasteiger partial charge < -0.3 is 14.7 Å². The fourth-order valence-corrected chi connectivity index (χ4v) is 4.61. The topological polar surface area (TPSA) is 87.2 Å². The van der Waals surface area contributed by atoms with Crippen LogP contribution in [-0.4, -0.2) is 58.1 Å². The number of hydrogen-bond donors (Lipinski definition) is 1. The first-order valence-electron chi connectivity index (χ1n) is 10.6. The monoisotopic (exact) mass is 416 g/mol. The van der Waals surface area contributed by atoms with Gasteiger partial charge in [0.25, 0.3) is 0 Å². The van der Waals surface area contributed by atoms with Crippen LogP contribution in [-0.2, 0) is 20.9 Å². The number of ether oxygens (including phenoxy) is 1. The lowest BCUT2D eigenvalue weighted by atomic mass is 9.80. The summed E-state index contributed by atoms with van der Waals surface area (Å²) in [6, 6.07) is 9.87. The maximum absolute atomic E-state index is 12.6. The van der Waals surface area contributed by atoms with Gasteiger partial charge in [0.15, 0.2) is 0 Å². The average Bonchev–Trinajstić information content (AvgIpc) is 2.96. The molecule has 3 rings (SSSR count). The number of rotatable bonds is 7. The third kappa shape index (κ3) is 5.32. The predicted molar refractivity (Wildman–Crippen MR) is 112 cm³/mol. The molecular weight excluding hydrogens is 384 g/mol. The van der Waals surface area contributed by atoms with E-state index >= 15 is 0 Å². The fourth-order valence-electron chi connectivity index (χ4n) is 4.61. The van der Waals surface area contributed by atoms with Crippen LogP contribution >= 0.6 is 0 Å². The Bertz CT molecular complexity index is 786. The van der Waals surface area contributed by atoms with Gasteiger partial charge in [-0.15, -0.1) is 0 Å². The molecule has 2 saturated heterocycles. The minimum absolute atomic E-state index is 0.000950. The van der Waals surface area contributed by atoms with Crippen LogP contribution in [0.15, 0.2) is 30.3 Å². The smallest absolute Gasteiger partial charge is 0.410 e. The molecule has 0 unspecified atom stereocenters. The van der Waals surface area contributed by atoms with Gasteiger partial charge in [0, 0.05) is 32.0 Å². The van der Waals surface area contributed by atoms with Crippen molar-refractivity contribution in [1.82, 2.24) is 9.80 Å². The van der Waals surface area contributed by atoms with Crippen LogP contribution in [0.25, 0.3) is 0 Å². The molecule has 30 heavy (non-hydrogen) atoms. The second-order valence-electron chi connectivity index (χ2n) is 9.59. The quantitative estimate of drug-likeness (QED) is 0.735. The Morgan fingerprint density at radius 1 is 1.17 bits per heavy atom. The summed E-state index contributed by atoms with van der Waals surface area (Å²) >= 11 is 0. The lowest BCUT2D eigenvalue weighted by molar-refractivity contribution is -0.141. The third-order valence-electron chi connectivity index (χ3n) is 6.27. The number of likely N-dealkylation sites (tertiary alicyclic amines) is 1. The molecule has 2 aliphatic heterocycles. The minimum Gasteiger partial charge on any atom is -0.481 e. The molecule has 164 valence electrons. The van der Waals surface area contributed by atoms with Gasteiger partial charge in [-0.2, -0.15) is 0 Å². The maximum Gasteiger partial charge on any atom is 0.410 e. The summed E-state index contributed by atoms with van der Waals surface area (Å²) in [4.78, 5) is 39.7. The zero-order valence-electron chi connectivity index (χ0n) is 18.1. The van der Waals surface area contributed by atoms with Crippen molar-refractivity contribution >= 4 is 18.0 Å². The van der Waals surface area contributed by atoms with Gasteiger partial charge in [0.1, 0.15) is 5.60 Å². The molecule has 0 bridgehead atoms. The van der Waals surface area contributed by atoms with Gasteiger partial charge in [-0.1, -0.05) is 44.2 Å². The predicted octanol–water partition coefficient (Wildman–Crippen LogP) is 3.53. The molecule has 0 radical (unpaired) electrons. The molecule has 2 heterocycles. The van der Waals surface area contributed by atoms with Gasteiger partial charge in [0.05, 0.1) is 13.0 Å². The Kier molecular flexibility index (Phi) is 6.38. The number of nitrogens with zero attached hydrogens (tertiary/aromatic N) is 2. The molecule has 2 fully saturated rings. The molecule has 1 aromatic rings. The van der Waals surface area contributed by atoms with E-state index in [-0.39, 0.29) is 30.8 Å². The van der Waals surface area contributed by atoms with Crippen molar-refractivity contribution in [3.8, 4) is 0 Å². The van der Waals surface area contributed by atoms with Crippen LogP contribution < -0.4 is 0 Å². The minimum atomic E-state index is -0.887. The second kappa shape index (κ2) is 8.66. The number of carboxylic acid groups (broad SMARTS) is 1. The van der Waals surface area contributed by atoms with Crippen molar-refractivity contribution in [3.63, 3.8) is 0 Å². The van der Waals surface area contributed by atoms with Gasteiger partial charge >= 0.3 is 12.1 Å². The Morgan fingerprint density at radius 3 is 2.40 bits per heavy atom. The molecule has 0 saturated carbocycles. The summed E-state index contributed by atoms with van der Waals surface area (Å²) in [7, 11) is 0. The van der Waals surface area contributed by atoms with E-state index in [2.05, 4.69) is 0 Å². The molecule has 7 heteroatoms. The number of carbonyl (C=O) groups is 3. The standard InChI is InChI=1S/C23H32N2O5/c1-22(2,14-20(27)28)13-19(26)24-11-9-18(10-12-24)23(3)16-25(21(29)30-23)15-17-7-5-4-6-8-17/h4-8,18H,9-16H2,1-3H3,(H,27,28)/t23-/m0/s1. The third-order valence-corrected chi connectivity index (χ3v) is 6.27. The number of amides is 2. The summed E-state index contributed by atoms with van der Waals surface area (Å²) in [6.07, 6.45) is 1.46. The molecule has 1 atom stereocenters. The van der Waals surface area contributed by atoms with Gasteiger partial charge in [0.2, 0.25) is 5.91 Å². The Hall–Kier alpha value is -2.57. The van der Waals surface area contributed by atoms with E-state index in [4.69, 9.17) is 9.84 Å². The normalized spacial score (nSPS) is 22.8. The van der Waals surface area contributed by atoms with E-state index in [1.165, 1.54) is 0 Å². The van der Waals surface area contributed by atoms with Crippen molar-refractivity contribution in [2.75, 3.05) is 19.6 Å². The number of piperidine rings is 1. The summed E-state index contributed by atoms with van der Waals surface area (Å²) in [5, 5.41) is 9.02. The Balaban J connectivity index is 1.53. The number of cyclic esters (lactones) is 1. The van der Waals surface area contributed by atoms with E-state index < -0.39 is 17.0 Å². The highest BCUT2D eigenvalue weighted by molar-refractivity contribution is 5.78. The second-order valence-corrected chi connectivity index (χ2v) is 9.59. The Morgan fingerprint density at radius 2 is 1.80 bits per heavy atom. The van der Waals surface area contributed by atoms with Crippen LogP contribution in [0.5, 0.6) is 0 Å². The molecule has 1 N–H and O–H groups in total. The molecule has 2 aliphatic rings. The Labute approximate surface area is 178 Å². The highest BCUT2D eigenvalue weighted by Crippen LogP contribution is 2.37. The van der Waals surface area contributed by atoms with Gasteiger partial charge in [-0.25, -0.2) is 4.79 Å². The lowest BCUT2D eigenvalue weighted by Crippen LogP contribution is -2.47. The molecule has 0 aliphatic carbocycles. The van der Waals surface area contributed by atoms with E-state index in [0.717, 1.165) is 18.4 Å². The SMILES string of the molecule is CC(C)(CC(=O)O)CC(=O)N1CCC([C@]2(C)CN(Cc3ccccc3)C(=O)O2)CC1. The summed E-state index contributed by atoms with van der Waals surface area (Å²) < 4.78 is 5.81. The zero-order valence-corrected chi connectivity index (χ0v) is 18.1. The summed E-state index contributed by atoms with van der Waals surface area (Å²) in [5.74, 6) is -0.695. The summed E-state index contributed by atoms with van der Waals surface area (Å²) in [6.45, 7) is 7.92. The fraction of sp³-hybridized carbons (Fsp3) is 0.609. The molecule has 2 amide bonds. The zero-order chi connectivity index (χ0) is 21.9. The van der Waals surface area contributed by atoms with Gasteiger partial charge in [-0.3, -0.25) is 14.5 Å². The number of carbonyl (C=O) groups excluding carboxylic acids is 2. The maximum atomic E-state index is 12.6. The van der Waals surface area contributed by atoms with Crippen molar-refractivity contribution in [2.45, 2.75) is 58.6 Å². The van der Waals surface area contributed by atoms with Crippen LogP contribution in [0.3, 0.4) is 0 Å². The van der Waals surface area contributed by atoms with Gasteiger partial charge in [-0.05, 0) is 30.7 Å². The first-order valence-corrected chi connectivity index (χ1v) is 10.6.